The number of tetrazole rings is 1. The number of hydrogen-bond donors (Lipinski definition) is 1. The molecule has 0 saturated carbocycles. The molecule has 0 aliphatic carbocycles. The SMILES string of the molecule is CC(Sc1nnnn1-c1ccc(Cl)cc1)C(=O)Nc1ccc(N2CCCCC2)cc1. The molecule has 30 heavy (non-hydrogen) atoms. The topological polar surface area (TPSA) is 75.9 Å². The number of nitrogens with one attached hydrogen (secondary N) is 1. The van der Waals surface area contributed by atoms with Gasteiger partial charge in [0.15, 0.2) is 0 Å². The van der Waals surface area contributed by atoms with Gasteiger partial charge in [-0.1, -0.05) is 23.4 Å². The van der Waals surface area contributed by atoms with Gasteiger partial charge in [-0.25, -0.2) is 0 Å². The molecule has 2 aromatic carbocycles. The van der Waals surface area contributed by atoms with E-state index >= 15 is 0 Å². The molecule has 1 atom stereocenters. The molecule has 1 fully saturated rings. The number of carbonyl (C=O) groups excluding carboxylic acids is 1. The van der Waals surface area contributed by atoms with Crippen molar-refractivity contribution in [2.24, 2.45) is 0 Å². The van der Waals surface area contributed by atoms with E-state index in [1.54, 1.807) is 16.8 Å². The number of halogens is 1. The number of aromatic nitrogens is 4. The minimum Gasteiger partial charge on any atom is -0.372 e. The van der Waals surface area contributed by atoms with Crippen molar-refractivity contribution in [1.82, 2.24) is 20.2 Å². The molecule has 1 aliphatic heterocycles. The van der Waals surface area contributed by atoms with Gasteiger partial charge < -0.3 is 10.2 Å². The quantitative estimate of drug-likeness (QED) is 0.569. The van der Waals surface area contributed by atoms with Crippen molar-refractivity contribution in [2.45, 2.75) is 36.6 Å². The Kier molecular flexibility index (Phi) is 6.54. The van der Waals surface area contributed by atoms with Gasteiger partial charge in [0.2, 0.25) is 11.1 Å². The summed E-state index contributed by atoms with van der Waals surface area (Å²) in [5.74, 6) is -0.101. The van der Waals surface area contributed by atoms with Crippen LogP contribution in [0.5, 0.6) is 0 Å². The first-order valence-corrected chi connectivity index (χ1v) is 11.2. The van der Waals surface area contributed by atoms with E-state index in [0.29, 0.717) is 10.2 Å². The van der Waals surface area contributed by atoms with Gasteiger partial charge in [-0.05, 0) is 85.1 Å². The Bertz CT molecular complexity index is 985. The number of piperidine rings is 1. The fourth-order valence-corrected chi connectivity index (χ4v) is 4.29. The second-order valence-electron chi connectivity index (χ2n) is 7.19. The number of amides is 1. The van der Waals surface area contributed by atoms with Crippen molar-refractivity contribution in [3.8, 4) is 5.69 Å². The summed E-state index contributed by atoms with van der Waals surface area (Å²) in [5, 5.41) is 15.6. The van der Waals surface area contributed by atoms with Gasteiger partial charge in [-0.2, -0.15) is 4.68 Å². The lowest BCUT2D eigenvalue weighted by Gasteiger charge is -2.28. The van der Waals surface area contributed by atoms with Crippen LogP contribution in [0.1, 0.15) is 26.2 Å². The van der Waals surface area contributed by atoms with Gasteiger partial charge in [-0.3, -0.25) is 4.79 Å². The summed E-state index contributed by atoms with van der Waals surface area (Å²) in [6, 6.07) is 15.3. The number of anilines is 2. The number of carbonyl (C=O) groups is 1. The molecule has 1 aliphatic rings. The van der Waals surface area contributed by atoms with Crippen LogP contribution in [0.25, 0.3) is 5.69 Å². The van der Waals surface area contributed by atoms with Crippen molar-refractivity contribution < 1.29 is 4.79 Å². The average Bonchev–Trinajstić information content (AvgIpc) is 3.23. The molecule has 2 heterocycles. The molecule has 1 saturated heterocycles. The van der Waals surface area contributed by atoms with E-state index in [0.717, 1.165) is 24.5 Å². The van der Waals surface area contributed by atoms with Crippen molar-refractivity contribution >= 4 is 40.6 Å². The Morgan fingerprint density at radius 1 is 1.03 bits per heavy atom. The zero-order valence-corrected chi connectivity index (χ0v) is 18.2. The molecule has 0 bridgehead atoms. The van der Waals surface area contributed by atoms with Crippen LogP contribution in [0.4, 0.5) is 11.4 Å². The number of thioether (sulfide) groups is 1. The Hall–Kier alpha value is -2.58. The van der Waals surface area contributed by atoms with Crippen LogP contribution in [0.3, 0.4) is 0 Å². The van der Waals surface area contributed by atoms with Crippen LogP contribution in [-0.2, 0) is 4.79 Å². The lowest BCUT2D eigenvalue weighted by molar-refractivity contribution is -0.115. The third-order valence-corrected chi connectivity index (χ3v) is 6.30. The molecule has 0 radical (unpaired) electrons. The summed E-state index contributed by atoms with van der Waals surface area (Å²) in [4.78, 5) is 15.1. The lowest BCUT2D eigenvalue weighted by atomic mass is 10.1. The largest absolute Gasteiger partial charge is 0.372 e. The van der Waals surface area contributed by atoms with E-state index in [9.17, 15) is 4.79 Å². The molecule has 0 spiro atoms. The molecular formula is C21H23ClN6OS. The summed E-state index contributed by atoms with van der Waals surface area (Å²) in [5.41, 5.74) is 2.77. The van der Waals surface area contributed by atoms with Gasteiger partial charge in [0.1, 0.15) is 0 Å². The molecule has 9 heteroatoms. The van der Waals surface area contributed by atoms with Gasteiger partial charge >= 0.3 is 0 Å². The van der Waals surface area contributed by atoms with Crippen LogP contribution in [0.15, 0.2) is 53.7 Å². The summed E-state index contributed by atoms with van der Waals surface area (Å²) in [6.07, 6.45) is 3.78. The molecular weight excluding hydrogens is 420 g/mol. The van der Waals surface area contributed by atoms with Gasteiger partial charge in [-0.15, -0.1) is 5.10 Å². The molecule has 3 aromatic rings. The molecule has 1 aromatic heterocycles. The van der Waals surface area contributed by atoms with Crippen LogP contribution >= 0.6 is 23.4 Å². The van der Waals surface area contributed by atoms with Crippen LogP contribution in [-0.4, -0.2) is 44.5 Å². The van der Waals surface area contributed by atoms with Crippen molar-refractivity contribution in [3.05, 3.63) is 53.6 Å². The predicted molar refractivity (Wildman–Crippen MR) is 121 cm³/mol. The van der Waals surface area contributed by atoms with Gasteiger partial charge in [0, 0.05) is 29.5 Å². The fourth-order valence-electron chi connectivity index (χ4n) is 3.36. The average molecular weight is 443 g/mol. The van der Waals surface area contributed by atoms with Crippen molar-refractivity contribution in [1.29, 1.82) is 0 Å². The maximum Gasteiger partial charge on any atom is 0.237 e. The van der Waals surface area contributed by atoms with E-state index in [-0.39, 0.29) is 11.2 Å². The summed E-state index contributed by atoms with van der Waals surface area (Å²) in [7, 11) is 0. The molecule has 4 rings (SSSR count). The highest BCUT2D eigenvalue weighted by molar-refractivity contribution is 8.00. The highest BCUT2D eigenvalue weighted by atomic mass is 35.5. The van der Waals surface area contributed by atoms with E-state index in [4.69, 9.17) is 11.6 Å². The maximum absolute atomic E-state index is 12.7. The molecule has 7 nitrogen and oxygen atoms in total. The minimum atomic E-state index is -0.371. The zero-order valence-electron chi connectivity index (χ0n) is 16.7. The van der Waals surface area contributed by atoms with E-state index in [1.807, 2.05) is 31.2 Å². The first-order valence-electron chi connectivity index (χ1n) is 9.97. The van der Waals surface area contributed by atoms with Crippen LogP contribution in [0.2, 0.25) is 5.02 Å². The Balaban J connectivity index is 1.37. The second-order valence-corrected chi connectivity index (χ2v) is 8.94. The zero-order chi connectivity index (χ0) is 20.9. The van der Waals surface area contributed by atoms with Gasteiger partial charge in [0.05, 0.1) is 10.9 Å². The molecule has 1 unspecified atom stereocenters. The van der Waals surface area contributed by atoms with E-state index in [2.05, 4.69) is 37.9 Å². The Morgan fingerprint density at radius 2 is 1.70 bits per heavy atom. The number of benzene rings is 2. The predicted octanol–water partition coefficient (Wildman–Crippen LogP) is 4.43. The molecule has 156 valence electrons. The molecule has 1 amide bonds. The van der Waals surface area contributed by atoms with Gasteiger partial charge in [0.25, 0.3) is 0 Å². The monoisotopic (exact) mass is 442 g/mol. The number of nitrogens with zero attached hydrogens (tertiary/aromatic N) is 5. The minimum absolute atomic E-state index is 0.101. The first-order chi connectivity index (χ1) is 14.6. The standard InChI is InChI=1S/C21H23ClN6OS/c1-15(30-21-24-25-26-28(21)19-9-5-16(22)6-10-19)20(29)23-17-7-11-18(12-8-17)27-13-3-2-4-14-27/h5-12,15H,2-4,13-14H2,1H3,(H,23,29). The smallest absolute Gasteiger partial charge is 0.237 e. The fraction of sp³-hybridized carbons (Fsp3) is 0.333. The maximum atomic E-state index is 12.7. The van der Waals surface area contributed by atoms with E-state index in [1.165, 1.54) is 36.7 Å². The van der Waals surface area contributed by atoms with E-state index < -0.39 is 0 Å². The first kappa shape index (κ1) is 20.7. The third kappa shape index (κ3) is 4.94. The van der Waals surface area contributed by atoms with Crippen molar-refractivity contribution in [2.75, 3.05) is 23.3 Å². The van der Waals surface area contributed by atoms with Crippen LogP contribution < -0.4 is 10.2 Å². The lowest BCUT2D eigenvalue weighted by Crippen LogP contribution is -2.29. The normalized spacial score (nSPS) is 15.1. The third-order valence-electron chi connectivity index (χ3n) is 5.02. The Labute approximate surface area is 184 Å². The highest BCUT2D eigenvalue weighted by Crippen LogP contribution is 2.26. The summed E-state index contributed by atoms with van der Waals surface area (Å²) in [6.45, 7) is 4.03. The summed E-state index contributed by atoms with van der Waals surface area (Å²) >= 11 is 7.25. The second kappa shape index (κ2) is 9.49. The highest BCUT2D eigenvalue weighted by Gasteiger charge is 2.20. The summed E-state index contributed by atoms with van der Waals surface area (Å²) < 4.78 is 1.60. The molecule has 1 N–H and O–H groups in total. The number of rotatable bonds is 6. The van der Waals surface area contributed by atoms with Crippen molar-refractivity contribution in [3.63, 3.8) is 0 Å². The van der Waals surface area contributed by atoms with Crippen LogP contribution in [0, 0.1) is 0 Å². The Morgan fingerprint density at radius 3 is 2.40 bits per heavy atom. The number of hydrogen-bond acceptors (Lipinski definition) is 6.